The van der Waals surface area contributed by atoms with Crippen LogP contribution in [-0.4, -0.2) is 22.8 Å². The first-order valence-electron chi connectivity index (χ1n) is 8.93. The molecule has 5 rings (SSSR count). The molecule has 0 saturated heterocycles. The van der Waals surface area contributed by atoms with Crippen LogP contribution >= 0.6 is 0 Å². The van der Waals surface area contributed by atoms with E-state index >= 15 is 0 Å². The minimum Gasteiger partial charge on any atom is -0.369 e. The molecule has 0 bridgehead atoms. The Bertz CT molecular complexity index is 1220. The zero-order valence-electron chi connectivity index (χ0n) is 15.2. The second kappa shape index (κ2) is 5.50. The van der Waals surface area contributed by atoms with Crippen molar-refractivity contribution in [1.82, 2.24) is 5.32 Å². The van der Waals surface area contributed by atoms with Crippen molar-refractivity contribution in [2.45, 2.75) is 20.1 Å². The number of amides is 3. The summed E-state index contributed by atoms with van der Waals surface area (Å²) in [6.45, 7) is 3.76. The third kappa shape index (κ3) is 2.03. The van der Waals surface area contributed by atoms with E-state index in [0.29, 0.717) is 38.7 Å². The lowest BCUT2D eigenvalue weighted by atomic mass is 9.86. The Morgan fingerprint density at radius 3 is 2.21 bits per heavy atom. The zero-order chi connectivity index (χ0) is 19.7. The minimum absolute atomic E-state index is 0.345. The molecule has 3 aromatic rings. The Kier molecular flexibility index (Phi) is 3.27. The number of hydrogen-bond acceptors (Lipinski definition) is 4. The Hall–Kier alpha value is -3.51. The van der Waals surface area contributed by atoms with Crippen molar-refractivity contribution in [2.24, 2.45) is 0 Å². The Labute approximate surface area is 160 Å². The molecule has 0 spiro atoms. The van der Waals surface area contributed by atoms with Crippen LogP contribution in [-0.2, 0) is 0 Å². The van der Waals surface area contributed by atoms with Crippen molar-refractivity contribution >= 4 is 34.2 Å². The maximum absolute atomic E-state index is 13.3. The van der Waals surface area contributed by atoms with Crippen LogP contribution in [0.2, 0.25) is 0 Å². The topological polar surface area (TPSA) is 86.7 Å². The van der Waals surface area contributed by atoms with Gasteiger partial charge in [-0.25, -0.2) is 4.90 Å². The fourth-order valence-electron chi connectivity index (χ4n) is 4.09. The molecule has 0 fully saturated rings. The highest BCUT2D eigenvalue weighted by molar-refractivity contribution is 6.37. The van der Waals surface area contributed by atoms with Gasteiger partial charge < -0.3 is 10.4 Å². The molecule has 1 atom stereocenters. The summed E-state index contributed by atoms with van der Waals surface area (Å²) in [6, 6.07) is 12.0. The number of aliphatic hydroxyl groups is 1. The molecule has 6 heteroatoms. The monoisotopic (exact) mass is 372 g/mol. The number of aliphatic hydroxyl groups excluding tert-OH is 1. The van der Waals surface area contributed by atoms with E-state index in [1.54, 1.807) is 24.3 Å². The predicted octanol–water partition coefficient (Wildman–Crippen LogP) is 2.99. The van der Waals surface area contributed by atoms with Gasteiger partial charge in [-0.05, 0) is 49.2 Å². The van der Waals surface area contributed by atoms with Crippen molar-refractivity contribution in [3.8, 4) is 0 Å². The molecular formula is C22H16N2O4. The maximum Gasteiger partial charge on any atom is 0.265 e. The fourth-order valence-corrected chi connectivity index (χ4v) is 4.09. The molecule has 2 N–H and O–H groups in total. The Morgan fingerprint density at radius 2 is 1.50 bits per heavy atom. The second-order valence-electron chi connectivity index (χ2n) is 7.22. The summed E-state index contributed by atoms with van der Waals surface area (Å²) in [6.07, 6.45) is -1.17. The first-order valence-corrected chi connectivity index (χ1v) is 8.93. The van der Waals surface area contributed by atoms with Crippen LogP contribution in [0.4, 0.5) is 5.69 Å². The number of carbonyl (C=O) groups is 3. The summed E-state index contributed by atoms with van der Waals surface area (Å²) in [5.41, 5.74) is 3.83. The first-order chi connectivity index (χ1) is 13.4. The van der Waals surface area contributed by atoms with Crippen LogP contribution < -0.4 is 10.2 Å². The van der Waals surface area contributed by atoms with E-state index in [4.69, 9.17) is 0 Å². The van der Waals surface area contributed by atoms with Gasteiger partial charge in [-0.2, -0.15) is 0 Å². The molecule has 1 unspecified atom stereocenters. The normalized spacial score (nSPS) is 17.9. The van der Waals surface area contributed by atoms with Gasteiger partial charge in [0.25, 0.3) is 17.7 Å². The third-order valence-corrected chi connectivity index (χ3v) is 5.47. The molecule has 3 amide bonds. The molecule has 0 aromatic heterocycles. The molecule has 28 heavy (non-hydrogen) atoms. The lowest BCUT2D eigenvalue weighted by Crippen LogP contribution is -2.42. The summed E-state index contributed by atoms with van der Waals surface area (Å²) < 4.78 is 0. The number of anilines is 1. The number of hydrogen-bond donors (Lipinski definition) is 2. The van der Waals surface area contributed by atoms with E-state index in [1.807, 2.05) is 32.0 Å². The van der Waals surface area contributed by atoms with Crippen LogP contribution in [0.5, 0.6) is 0 Å². The molecule has 0 aliphatic carbocycles. The number of rotatable bonds is 1. The van der Waals surface area contributed by atoms with E-state index < -0.39 is 23.9 Å². The van der Waals surface area contributed by atoms with Crippen molar-refractivity contribution in [3.05, 3.63) is 75.8 Å². The zero-order valence-corrected chi connectivity index (χ0v) is 15.2. The highest BCUT2D eigenvalue weighted by Gasteiger charge is 2.38. The summed E-state index contributed by atoms with van der Waals surface area (Å²) in [7, 11) is 0. The number of benzene rings is 3. The third-order valence-electron chi connectivity index (χ3n) is 5.47. The number of carbonyl (C=O) groups excluding carboxylic acids is 3. The van der Waals surface area contributed by atoms with Crippen LogP contribution in [0, 0.1) is 13.8 Å². The summed E-state index contributed by atoms with van der Waals surface area (Å²) in [5, 5.41) is 13.6. The number of nitrogens with one attached hydrogen (secondary N) is 1. The van der Waals surface area contributed by atoms with Crippen LogP contribution in [0.25, 0.3) is 10.8 Å². The van der Waals surface area contributed by atoms with Crippen LogP contribution in [0.15, 0.2) is 42.5 Å². The van der Waals surface area contributed by atoms with Crippen LogP contribution in [0.3, 0.4) is 0 Å². The molecule has 3 aromatic carbocycles. The SMILES string of the molecule is Cc1ccc(C)c(N2C(=O)c3ccc4c5c(ccc(c35)C2=O)C(O)NC4=O)c1. The average molecular weight is 372 g/mol. The van der Waals surface area contributed by atoms with Gasteiger partial charge in [0.2, 0.25) is 0 Å². The van der Waals surface area contributed by atoms with Crippen LogP contribution in [0.1, 0.15) is 54.0 Å². The smallest absolute Gasteiger partial charge is 0.265 e. The van der Waals surface area contributed by atoms with Crippen molar-refractivity contribution in [1.29, 1.82) is 0 Å². The molecule has 138 valence electrons. The van der Waals surface area contributed by atoms with Crippen molar-refractivity contribution in [3.63, 3.8) is 0 Å². The summed E-state index contributed by atoms with van der Waals surface area (Å²) in [5.74, 6) is -1.30. The highest BCUT2D eigenvalue weighted by atomic mass is 16.3. The van der Waals surface area contributed by atoms with Gasteiger partial charge in [-0.3, -0.25) is 14.4 Å². The molecule has 0 radical (unpaired) electrons. The first kappa shape index (κ1) is 16.6. The van der Waals surface area contributed by atoms with E-state index in [2.05, 4.69) is 5.32 Å². The van der Waals surface area contributed by atoms with Gasteiger partial charge in [0, 0.05) is 33.0 Å². The molecular weight excluding hydrogens is 356 g/mol. The molecule has 2 aliphatic heterocycles. The average Bonchev–Trinajstić information content (AvgIpc) is 2.67. The second-order valence-corrected chi connectivity index (χ2v) is 7.22. The highest BCUT2D eigenvalue weighted by Crippen LogP contribution is 2.39. The van der Waals surface area contributed by atoms with Gasteiger partial charge in [0.15, 0.2) is 6.23 Å². The Morgan fingerprint density at radius 1 is 0.857 bits per heavy atom. The predicted molar refractivity (Wildman–Crippen MR) is 103 cm³/mol. The van der Waals surface area contributed by atoms with E-state index in [9.17, 15) is 19.5 Å². The Balaban J connectivity index is 1.82. The number of nitrogens with zero attached hydrogens (tertiary/aromatic N) is 1. The quantitative estimate of drug-likeness (QED) is 0.643. The number of imide groups is 1. The standard InChI is InChI=1S/C22H16N2O4/c1-10-3-4-11(2)16(9-10)24-21(27)14-7-5-12-17-13(20(26)23-19(12)25)6-8-15(18(14)17)22(24)28/h3-9,19,25H,1-2H3,(H,23,26). The summed E-state index contributed by atoms with van der Waals surface area (Å²) >= 11 is 0. The van der Waals surface area contributed by atoms with Crippen molar-refractivity contribution in [2.75, 3.05) is 4.90 Å². The maximum atomic E-state index is 13.3. The number of aryl methyl sites for hydroxylation is 2. The molecule has 6 nitrogen and oxygen atoms in total. The van der Waals surface area contributed by atoms with Gasteiger partial charge >= 0.3 is 0 Å². The minimum atomic E-state index is -1.17. The van der Waals surface area contributed by atoms with E-state index in [1.165, 1.54) is 4.90 Å². The van der Waals surface area contributed by atoms with E-state index in [0.717, 1.165) is 11.1 Å². The van der Waals surface area contributed by atoms with E-state index in [-0.39, 0.29) is 0 Å². The molecule has 0 saturated carbocycles. The molecule has 2 aliphatic rings. The van der Waals surface area contributed by atoms with Gasteiger partial charge in [-0.1, -0.05) is 18.2 Å². The lowest BCUT2D eigenvalue weighted by molar-refractivity contribution is 0.0770. The van der Waals surface area contributed by atoms with Gasteiger partial charge in [0.05, 0.1) is 5.69 Å². The van der Waals surface area contributed by atoms with Crippen molar-refractivity contribution < 1.29 is 19.5 Å². The van der Waals surface area contributed by atoms with Gasteiger partial charge in [0.1, 0.15) is 0 Å². The summed E-state index contributed by atoms with van der Waals surface area (Å²) in [4.78, 5) is 40.1. The van der Waals surface area contributed by atoms with Gasteiger partial charge in [-0.15, -0.1) is 0 Å². The largest absolute Gasteiger partial charge is 0.369 e. The lowest BCUT2D eigenvalue weighted by Gasteiger charge is -2.31. The molecule has 2 heterocycles. The fraction of sp³-hybridized carbons (Fsp3) is 0.136.